The Labute approximate surface area is 84.5 Å². The van der Waals surface area contributed by atoms with E-state index < -0.39 is 0 Å². The summed E-state index contributed by atoms with van der Waals surface area (Å²) in [6.07, 6.45) is 8.40. The van der Waals surface area contributed by atoms with Gasteiger partial charge in [0.05, 0.1) is 6.10 Å². The number of hydrogen-bond acceptors (Lipinski definition) is 2. The Morgan fingerprint density at radius 2 is 2.21 bits per heavy atom. The minimum absolute atomic E-state index is 0.0653. The van der Waals surface area contributed by atoms with Crippen molar-refractivity contribution in [1.82, 2.24) is 5.32 Å². The Kier molecular flexibility index (Phi) is 4.40. The van der Waals surface area contributed by atoms with Gasteiger partial charge in [0.15, 0.2) is 0 Å². The maximum Gasteiger partial charge on any atom is 0.243 e. The fraction of sp³-hybridized carbons (Fsp3) is 0.545. The van der Waals surface area contributed by atoms with Gasteiger partial charge in [-0.15, -0.1) is 0 Å². The summed E-state index contributed by atoms with van der Waals surface area (Å²) in [4.78, 5) is 11.1. The second-order valence-electron chi connectivity index (χ2n) is 3.62. The Morgan fingerprint density at radius 3 is 2.79 bits per heavy atom. The highest BCUT2D eigenvalue weighted by Crippen LogP contribution is 2.25. The third-order valence-electron chi connectivity index (χ3n) is 2.33. The molecule has 1 saturated carbocycles. The molecule has 0 heterocycles. The largest absolute Gasteiger partial charge is 0.393 e. The molecule has 0 aromatic heterocycles. The highest BCUT2D eigenvalue weighted by atomic mass is 16.3. The molecule has 1 aliphatic rings. The van der Waals surface area contributed by atoms with Crippen LogP contribution in [0.3, 0.4) is 0 Å². The van der Waals surface area contributed by atoms with Crippen LogP contribution in [0.5, 0.6) is 0 Å². The van der Waals surface area contributed by atoms with Crippen LogP contribution < -0.4 is 5.32 Å². The first-order valence-corrected chi connectivity index (χ1v) is 4.97. The zero-order valence-electron chi connectivity index (χ0n) is 8.44. The Hall–Kier alpha value is -1.09. The van der Waals surface area contributed by atoms with E-state index in [1.807, 2.05) is 19.1 Å². The van der Waals surface area contributed by atoms with Crippen molar-refractivity contribution in [2.45, 2.75) is 25.9 Å². The Bertz CT molecular complexity index is 240. The summed E-state index contributed by atoms with van der Waals surface area (Å²) in [6.45, 7) is 2.58. The van der Waals surface area contributed by atoms with Gasteiger partial charge in [-0.2, -0.15) is 0 Å². The van der Waals surface area contributed by atoms with E-state index in [0.29, 0.717) is 12.5 Å². The van der Waals surface area contributed by atoms with Crippen LogP contribution >= 0.6 is 0 Å². The van der Waals surface area contributed by atoms with E-state index in [1.165, 1.54) is 6.08 Å². The van der Waals surface area contributed by atoms with E-state index in [2.05, 4.69) is 5.32 Å². The Morgan fingerprint density at radius 1 is 1.50 bits per heavy atom. The van der Waals surface area contributed by atoms with Gasteiger partial charge < -0.3 is 10.4 Å². The number of rotatable bonds is 4. The van der Waals surface area contributed by atoms with Gasteiger partial charge in [0.1, 0.15) is 0 Å². The van der Waals surface area contributed by atoms with Crippen molar-refractivity contribution in [3.63, 3.8) is 0 Å². The van der Waals surface area contributed by atoms with Gasteiger partial charge in [0, 0.05) is 12.6 Å². The summed E-state index contributed by atoms with van der Waals surface area (Å²) in [6, 6.07) is 0. The first kappa shape index (κ1) is 11.0. The Balaban J connectivity index is 2.09. The molecule has 2 N–H and O–H groups in total. The molecule has 3 nitrogen and oxygen atoms in total. The van der Waals surface area contributed by atoms with Gasteiger partial charge in [-0.1, -0.05) is 18.2 Å². The van der Waals surface area contributed by atoms with Gasteiger partial charge in [-0.3, -0.25) is 4.79 Å². The molecule has 14 heavy (non-hydrogen) atoms. The number of carbonyl (C=O) groups excluding carboxylic acids is 1. The molecule has 0 radical (unpaired) electrons. The average Bonchev–Trinajstić information content (AvgIpc) is 2.11. The molecule has 0 spiro atoms. The average molecular weight is 195 g/mol. The third-order valence-corrected chi connectivity index (χ3v) is 2.33. The molecule has 3 heteroatoms. The molecule has 0 saturated heterocycles. The first-order valence-electron chi connectivity index (χ1n) is 4.97. The lowest BCUT2D eigenvalue weighted by Gasteiger charge is -2.31. The lowest BCUT2D eigenvalue weighted by molar-refractivity contribution is -0.117. The van der Waals surface area contributed by atoms with Crippen LogP contribution in [0.1, 0.15) is 19.8 Å². The van der Waals surface area contributed by atoms with Gasteiger partial charge in [0.2, 0.25) is 5.91 Å². The summed E-state index contributed by atoms with van der Waals surface area (Å²) < 4.78 is 0. The van der Waals surface area contributed by atoms with Gasteiger partial charge in [0.25, 0.3) is 0 Å². The fourth-order valence-electron chi connectivity index (χ4n) is 1.43. The molecule has 1 aliphatic carbocycles. The van der Waals surface area contributed by atoms with Crippen molar-refractivity contribution >= 4 is 5.91 Å². The van der Waals surface area contributed by atoms with E-state index in [1.54, 1.807) is 6.08 Å². The molecule has 0 aromatic carbocycles. The molecule has 1 rings (SSSR count). The number of nitrogens with one attached hydrogen (secondary N) is 1. The molecule has 1 fully saturated rings. The first-order chi connectivity index (χ1) is 6.72. The van der Waals surface area contributed by atoms with E-state index in [0.717, 1.165) is 12.8 Å². The summed E-state index contributed by atoms with van der Waals surface area (Å²) in [5.74, 6) is 0.397. The molecule has 0 atom stereocenters. The summed E-state index contributed by atoms with van der Waals surface area (Å²) in [5.41, 5.74) is 0. The molecule has 0 unspecified atom stereocenters. The van der Waals surface area contributed by atoms with Gasteiger partial charge >= 0.3 is 0 Å². The summed E-state index contributed by atoms with van der Waals surface area (Å²) in [7, 11) is 0. The number of carbonyl (C=O) groups is 1. The lowest BCUT2D eigenvalue weighted by Crippen LogP contribution is -2.37. The van der Waals surface area contributed by atoms with Gasteiger partial charge in [-0.05, 0) is 25.7 Å². The van der Waals surface area contributed by atoms with Crippen LogP contribution in [0.25, 0.3) is 0 Å². The topological polar surface area (TPSA) is 49.3 Å². The molecule has 0 aromatic rings. The van der Waals surface area contributed by atoms with Crippen LogP contribution in [-0.2, 0) is 4.79 Å². The predicted octanol–water partition coefficient (Wildman–Crippen LogP) is 1.01. The SMILES string of the molecule is CC=CC=CC(=O)NCC1CC(O)C1. The zero-order chi connectivity index (χ0) is 10.4. The van der Waals surface area contributed by atoms with Crippen molar-refractivity contribution in [3.8, 4) is 0 Å². The van der Waals surface area contributed by atoms with E-state index in [4.69, 9.17) is 5.11 Å². The van der Waals surface area contributed by atoms with E-state index in [9.17, 15) is 4.79 Å². The summed E-state index contributed by atoms with van der Waals surface area (Å²) >= 11 is 0. The molecular weight excluding hydrogens is 178 g/mol. The lowest BCUT2D eigenvalue weighted by atomic mass is 9.82. The number of aliphatic hydroxyl groups excluding tert-OH is 1. The van der Waals surface area contributed by atoms with Crippen molar-refractivity contribution in [3.05, 3.63) is 24.3 Å². The highest BCUT2D eigenvalue weighted by Gasteiger charge is 2.26. The number of allylic oxidation sites excluding steroid dienone is 3. The van der Waals surface area contributed by atoms with Crippen LogP contribution in [0.2, 0.25) is 0 Å². The second-order valence-corrected chi connectivity index (χ2v) is 3.62. The van der Waals surface area contributed by atoms with Crippen molar-refractivity contribution in [1.29, 1.82) is 0 Å². The monoisotopic (exact) mass is 195 g/mol. The quantitative estimate of drug-likeness (QED) is 0.519. The number of aliphatic hydroxyl groups is 1. The van der Waals surface area contributed by atoms with Crippen LogP contribution in [-0.4, -0.2) is 23.7 Å². The number of amides is 1. The number of hydrogen-bond donors (Lipinski definition) is 2. The van der Waals surface area contributed by atoms with E-state index >= 15 is 0 Å². The standard InChI is InChI=1S/C11H17NO2/c1-2-3-4-5-11(14)12-8-9-6-10(13)7-9/h2-5,9-10,13H,6-8H2,1H3,(H,12,14). The molecule has 0 aliphatic heterocycles. The molecular formula is C11H17NO2. The normalized spacial score (nSPS) is 26.7. The minimum atomic E-state index is -0.143. The molecule has 78 valence electrons. The van der Waals surface area contributed by atoms with Crippen LogP contribution in [0.4, 0.5) is 0 Å². The highest BCUT2D eigenvalue weighted by molar-refractivity contribution is 5.87. The van der Waals surface area contributed by atoms with Crippen molar-refractivity contribution in [2.75, 3.05) is 6.54 Å². The maximum atomic E-state index is 11.1. The molecule has 0 bridgehead atoms. The fourth-order valence-corrected chi connectivity index (χ4v) is 1.43. The van der Waals surface area contributed by atoms with Crippen molar-refractivity contribution < 1.29 is 9.90 Å². The van der Waals surface area contributed by atoms with Gasteiger partial charge in [-0.25, -0.2) is 0 Å². The van der Waals surface area contributed by atoms with Crippen LogP contribution in [0, 0.1) is 5.92 Å². The summed E-state index contributed by atoms with van der Waals surface area (Å²) in [5, 5.41) is 11.8. The maximum absolute atomic E-state index is 11.1. The molecule has 1 amide bonds. The van der Waals surface area contributed by atoms with E-state index in [-0.39, 0.29) is 12.0 Å². The van der Waals surface area contributed by atoms with Crippen molar-refractivity contribution in [2.24, 2.45) is 5.92 Å². The third kappa shape index (κ3) is 3.75. The smallest absolute Gasteiger partial charge is 0.243 e. The zero-order valence-corrected chi connectivity index (χ0v) is 8.44. The minimum Gasteiger partial charge on any atom is -0.393 e. The van der Waals surface area contributed by atoms with Crippen LogP contribution in [0.15, 0.2) is 24.3 Å². The predicted molar refractivity (Wildman–Crippen MR) is 55.7 cm³/mol. The second kappa shape index (κ2) is 5.60.